The summed E-state index contributed by atoms with van der Waals surface area (Å²) in [5.74, 6) is -4.73. The molecule has 1 N–H and O–H groups in total. The summed E-state index contributed by atoms with van der Waals surface area (Å²) in [4.78, 5) is 25.5. The first-order chi connectivity index (χ1) is 15.8. The molecule has 4 rings (SSSR count). The molecule has 172 valence electrons. The number of carbonyl (C=O) groups excluding carboxylic acids is 1. The summed E-state index contributed by atoms with van der Waals surface area (Å²) >= 11 is 0. The minimum Gasteiger partial charge on any atom is -0.310 e. The van der Waals surface area contributed by atoms with E-state index in [-0.39, 0.29) is 5.82 Å². The fraction of sp³-hybridized carbons (Fsp3) is 0.360. The molecule has 0 bridgehead atoms. The van der Waals surface area contributed by atoms with E-state index < -0.39 is 24.2 Å². The molecule has 1 saturated carbocycles. The van der Waals surface area contributed by atoms with Gasteiger partial charge in [0, 0.05) is 60.3 Å². The van der Waals surface area contributed by atoms with Crippen LogP contribution in [0.5, 0.6) is 0 Å². The molecule has 1 atom stereocenters. The highest BCUT2D eigenvalue weighted by atomic mass is 19.3. The molecule has 8 heteroatoms. The lowest BCUT2D eigenvalue weighted by Crippen LogP contribution is -2.21. The van der Waals surface area contributed by atoms with Crippen molar-refractivity contribution in [2.75, 3.05) is 12.4 Å². The molecule has 0 spiro atoms. The van der Waals surface area contributed by atoms with Crippen molar-refractivity contribution in [3.8, 4) is 11.1 Å². The van der Waals surface area contributed by atoms with Gasteiger partial charge in [0.2, 0.25) is 5.91 Å². The van der Waals surface area contributed by atoms with E-state index >= 15 is 0 Å². The van der Waals surface area contributed by atoms with Crippen molar-refractivity contribution < 1.29 is 13.6 Å². The topological polar surface area (TPSA) is 72.2 Å². The van der Waals surface area contributed by atoms with Crippen LogP contribution in [0.15, 0.2) is 42.2 Å². The molecule has 6 nitrogen and oxygen atoms in total. The van der Waals surface area contributed by atoms with Crippen LogP contribution in [0.1, 0.15) is 37.4 Å². The lowest BCUT2D eigenvalue weighted by molar-refractivity contribution is -0.119. The number of amides is 1. The van der Waals surface area contributed by atoms with Gasteiger partial charge >= 0.3 is 0 Å². The van der Waals surface area contributed by atoms with E-state index in [1.807, 2.05) is 12.3 Å². The fourth-order valence-electron chi connectivity index (χ4n) is 4.02. The molecule has 0 aromatic carbocycles. The lowest BCUT2D eigenvalue weighted by atomic mass is 10.0. The van der Waals surface area contributed by atoms with E-state index in [0.717, 1.165) is 47.0 Å². The molecule has 1 amide bonds. The number of hydrogen-bond donors (Lipinski definition) is 1. The van der Waals surface area contributed by atoms with Crippen LogP contribution in [0, 0.1) is 12.8 Å². The average Bonchev–Trinajstić information content (AvgIpc) is 3.44. The summed E-state index contributed by atoms with van der Waals surface area (Å²) in [7, 11) is 1.70. The molecular formula is C25H27F2N5O. The van der Waals surface area contributed by atoms with E-state index in [1.54, 1.807) is 30.1 Å². The van der Waals surface area contributed by atoms with Crippen LogP contribution in [0.4, 0.5) is 14.6 Å². The Labute approximate surface area is 191 Å². The van der Waals surface area contributed by atoms with Crippen LogP contribution in [0.2, 0.25) is 0 Å². The summed E-state index contributed by atoms with van der Waals surface area (Å²) < 4.78 is 28.3. The van der Waals surface area contributed by atoms with Gasteiger partial charge < -0.3 is 9.88 Å². The number of alkyl halides is 2. The van der Waals surface area contributed by atoms with Gasteiger partial charge in [-0.1, -0.05) is 19.9 Å². The van der Waals surface area contributed by atoms with Crippen LogP contribution in [0.25, 0.3) is 28.2 Å². The molecule has 1 fully saturated rings. The molecule has 1 unspecified atom stereocenters. The zero-order chi connectivity index (χ0) is 23.8. The number of halogens is 2. The number of hydrogen-bond acceptors (Lipinski definition) is 4. The third kappa shape index (κ3) is 4.42. The number of rotatable bonds is 7. The molecule has 0 saturated heterocycles. The van der Waals surface area contributed by atoms with Crippen LogP contribution >= 0.6 is 0 Å². The maximum Gasteiger partial charge on any atom is 0.260 e. The first kappa shape index (κ1) is 22.8. The van der Waals surface area contributed by atoms with Crippen LogP contribution in [-0.4, -0.2) is 33.4 Å². The van der Waals surface area contributed by atoms with E-state index in [9.17, 15) is 13.6 Å². The number of aryl methyl sites for hydroxylation is 2. The predicted molar refractivity (Wildman–Crippen MR) is 126 cm³/mol. The zero-order valence-electron chi connectivity index (χ0n) is 19.0. The molecule has 1 aliphatic rings. The minimum absolute atomic E-state index is 0.207. The first-order valence-corrected chi connectivity index (χ1v) is 11.0. The summed E-state index contributed by atoms with van der Waals surface area (Å²) in [5.41, 5.74) is 5.37. The second-order valence-electron chi connectivity index (χ2n) is 8.39. The standard InChI is InChI=1S/C25H27F2N5O/c1-5-7-8-17-9-15(3)19(14-29-17)18-10-16-13-30-22(31-24(33)20-12-25(20,26)27)11-21(16)32(6-2)23(18)28-4/h6,9-11,13-14,20H,2,5,7-8,12H2,1,3-4H3,(H,30,31,33). The van der Waals surface area contributed by atoms with Gasteiger partial charge in [0.1, 0.15) is 17.2 Å². The number of anilines is 1. The van der Waals surface area contributed by atoms with E-state index in [0.29, 0.717) is 11.0 Å². The summed E-state index contributed by atoms with van der Waals surface area (Å²) in [6, 6.07) is 5.73. The number of unbranched alkanes of at least 4 members (excludes halogenated alkanes) is 1. The highest BCUT2D eigenvalue weighted by Gasteiger charge is 2.61. The Hall–Kier alpha value is -3.42. The highest BCUT2D eigenvalue weighted by molar-refractivity contribution is 5.96. The van der Waals surface area contributed by atoms with Gasteiger partial charge in [-0.25, -0.2) is 13.8 Å². The molecule has 33 heavy (non-hydrogen) atoms. The monoisotopic (exact) mass is 451 g/mol. The number of carbonyl (C=O) groups is 1. The zero-order valence-corrected chi connectivity index (χ0v) is 19.0. The molecule has 0 aliphatic heterocycles. The Kier molecular flexibility index (Phi) is 6.10. The normalized spacial score (nSPS) is 17.2. The molecule has 3 aromatic rings. The van der Waals surface area contributed by atoms with Crippen molar-refractivity contribution in [2.45, 2.75) is 45.5 Å². The summed E-state index contributed by atoms with van der Waals surface area (Å²) in [6.07, 6.45) is 7.84. The van der Waals surface area contributed by atoms with Crippen molar-refractivity contribution in [1.82, 2.24) is 14.5 Å². The molecule has 1 aliphatic carbocycles. The Morgan fingerprint density at radius 3 is 2.67 bits per heavy atom. The second-order valence-corrected chi connectivity index (χ2v) is 8.39. The van der Waals surface area contributed by atoms with Gasteiger partial charge in [0.25, 0.3) is 5.92 Å². The molecule has 3 heterocycles. The van der Waals surface area contributed by atoms with Crippen molar-refractivity contribution in [3.05, 3.63) is 53.9 Å². The first-order valence-electron chi connectivity index (χ1n) is 11.0. The Morgan fingerprint density at radius 2 is 2.06 bits per heavy atom. The van der Waals surface area contributed by atoms with Crippen molar-refractivity contribution in [1.29, 1.82) is 0 Å². The average molecular weight is 452 g/mol. The summed E-state index contributed by atoms with van der Waals surface area (Å²) in [6.45, 7) is 8.14. The molecular weight excluding hydrogens is 424 g/mol. The van der Waals surface area contributed by atoms with E-state index in [1.165, 1.54) is 0 Å². The van der Waals surface area contributed by atoms with Crippen molar-refractivity contribution in [2.24, 2.45) is 10.9 Å². The lowest BCUT2D eigenvalue weighted by Gasteiger charge is -2.15. The van der Waals surface area contributed by atoms with Crippen molar-refractivity contribution >= 4 is 28.8 Å². The number of nitrogens with zero attached hydrogens (tertiary/aromatic N) is 4. The minimum atomic E-state index is -2.93. The maximum absolute atomic E-state index is 13.2. The molecule has 0 radical (unpaired) electrons. The second kappa shape index (κ2) is 8.84. The van der Waals surface area contributed by atoms with E-state index in [4.69, 9.17) is 0 Å². The third-order valence-electron chi connectivity index (χ3n) is 5.97. The third-order valence-corrected chi connectivity index (χ3v) is 5.97. The quantitative estimate of drug-likeness (QED) is 0.551. The van der Waals surface area contributed by atoms with E-state index in [2.05, 4.69) is 46.8 Å². The SMILES string of the molecule is C=Cn1c(=NC)c(-c2cnc(CCCC)cc2C)cc2cnc(NC(=O)C3CC3(F)F)cc21. The number of fused-ring (bicyclic) bond motifs is 1. The Balaban J connectivity index is 1.77. The smallest absolute Gasteiger partial charge is 0.260 e. The maximum atomic E-state index is 13.2. The van der Waals surface area contributed by atoms with Gasteiger partial charge in [-0.05, 0) is 37.5 Å². The van der Waals surface area contributed by atoms with Gasteiger partial charge in [0.05, 0.1) is 5.52 Å². The number of nitrogens with one attached hydrogen (secondary N) is 1. The van der Waals surface area contributed by atoms with Crippen LogP contribution in [-0.2, 0) is 11.2 Å². The van der Waals surface area contributed by atoms with Gasteiger partial charge in [-0.15, -0.1) is 0 Å². The Bertz CT molecular complexity index is 1310. The Morgan fingerprint density at radius 1 is 1.30 bits per heavy atom. The number of pyridine rings is 3. The van der Waals surface area contributed by atoms with Crippen molar-refractivity contribution in [3.63, 3.8) is 0 Å². The molecule has 3 aromatic heterocycles. The number of aromatic nitrogens is 3. The summed E-state index contributed by atoms with van der Waals surface area (Å²) in [5, 5.41) is 3.29. The van der Waals surface area contributed by atoms with Gasteiger partial charge in [0.15, 0.2) is 0 Å². The fourth-order valence-corrected chi connectivity index (χ4v) is 4.02. The largest absolute Gasteiger partial charge is 0.310 e. The van der Waals surface area contributed by atoms with Crippen LogP contribution < -0.4 is 10.8 Å². The predicted octanol–water partition coefficient (Wildman–Crippen LogP) is 4.97. The highest BCUT2D eigenvalue weighted by Crippen LogP contribution is 2.49. The van der Waals surface area contributed by atoms with Crippen LogP contribution in [0.3, 0.4) is 0 Å². The van der Waals surface area contributed by atoms with Gasteiger partial charge in [-0.3, -0.25) is 14.8 Å². The van der Waals surface area contributed by atoms with Gasteiger partial charge in [-0.2, -0.15) is 0 Å².